The highest BCUT2D eigenvalue weighted by Crippen LogP contribution is 2.35. The van der Waals surface area contributed by atoms with Crippen LogP contribution in [-0.2, 0) is 0 Å². The SMILES string of the molecule is CCNC1CCC(C(C)C)CC1N(C)C1CCCC1. The van der Waals surface area contributed by atoms with Gasteiger partial charge in [0.2, 0.25) is 0 Å². The van der Waals surface area contributed by atoms with Gasteiger partial charge < -0.3 is 5.32 Å². The fourth-order valence-corrected chi connectivity index (χ4v) is 4.32. The third-order valence-corrected chi connectivity index (χ3v) is 5.69. The van der Waals surface area contributed by atoms with Crippen LogP contribution in [0.1, 0.15) is 65.7 Å². The minimum absolute atomic E-state index is 0.727. The Kier molecular flexibility index (Phi) is 5.70. The summed E-state index contributed by atoms with van der Waals surface area (Å²) in [4.78, 5) is 2.74. The molecule has 2 aliphatic carbocycles. The van der Waals surface area contributed by atoms with E-state index in [0.29, 0.717) is 0 Å². The Balaban J connectivity index is 2.01. The summed E-state index contributed by atoms with van der Waals surface area (Å²) in [5.41, 5.74) is 0. The van der Waals surface area contributed by atoms with Gasteiger partial charge in [0, 0.05) is 18.1 Å². The molecule has 0 radical (unpaired) electrons. The quantitative estimate of drug-likeness (QED) is 0.817. The molecule has 3 atom stereocenters. The van der Waals surface area contributed by atoms with Crippen LogP contribution in [0.3, 0.4) is 0 Å². The molecule has 0 aromatic rings. The minimum Gasteiger partial charge on any atom is -0.313 e. The van der Waals surface area contributed by atoms with Crippen molar-refractivity contribution in [1.29, 1.82) is 0 Å². The van der Waals surface area contributed by atoms with Crippen molar-refractivity contribution in [2.45, 2.75) is 83.8 Å². The Morgan fingerprint density at radius 2 is 1.79 bits per heavy atom. The normalized spacial score (nSPS) is 33.5. The maximum atomic E-state index is 3.76. The van der Waals surface area contributed by atoms with Crippen molar-refractivity contribution in [3.05, 3.63) is 0 Å². The second-order valence-electron chi connectivity index (χ2n) is 7.15. The predicted octanol–water partition coefficient (Wildman–Crippen LogP) is 3.66. The fraction of sp³-hybridized carbons (Fsp3) is 1.00. The summed E-state index contributed by atoms with van der Waals surface area (Å²) in [7, 11) is 2.40. The molecule has 0 bridgehead atoms. The summed E-state index contributed by atoms with van der Waals surface area (Å²) in [6.07, 6.45) is 9.95. The van der Waals surface area contributed by atoms with Crippen molar-refractivity contribution in [3.8, 4) is 0 Å². The van der Waals surface area contributed by atoms with Gasteiger partial charge in [-0.1, -0.05) is 33.6 Å². The molecule has 19 heavy (non-hydrogen) atoms. The molecule has 0 aromatic heterocycles. The first kappa shape index (κ1) is 15.3. The molecule has 2 rings (SSSR count). The summed E-state index contributed by atoms with van der Waals surface area (Å²) < 4.78 is 0. The van der Waals surface area contributed by atoms with E-state index < -0.39 is 0 Å². The van der Waals surface area contributed by atoms with Crippen LogP contribution < -0.4 is 5.32 Å². The van der Waals surface area contributed by atoms with E-state index in [-0.39, 0.29) is 0 Å². The Labute approximate surface area is 120 Å². The van der Waals surface area contributed by atoms with Crippen LogP contribution in [0.15, 0.2) is 0 Å². The van der Waals surface area contributed by atoms with Crippen LogP contribution in [0.25, 0.3) is 0 Å². The van der Waals surface area contributed by atoms with Gasteiger partial charge in [0.15, 0.2) is 0 Å². The van der Waals surface area contributed by atoms with Crippen molar-refractivity contribution in [1.82, 2.24) is 10.2 Å². The summed E-state index contributed by atoms with van der Waals surface area (Å²) in [5, 5.41) is 3.76. The molecule has 0 saturated heterocycles. The lowest BCUT2D eigenvalue weighted by Crippen LogP contribution is -2.54. The van der Waals surface area contributed by atoms with Gasteiger partial charge in [-0.25, -0.2) is 0 Å². The Morgan fingerprint density at radius 1 is 1.11 bits per heavy atom. The molecule has 2 aliphatic rings. The van der Waals surface area contributed by atoms with Gasteiger partial charge in [0.1, 0.15) is 0 Å². The van der Waals surface area contributed by atoms with Crippen LogP contribution in [0, 0.1) is 11.8 Å². The third kappa shape index (κ3) is 3.72. The van der Waals surface area contributed by atoms with E-state index >= 15 is 0 Å². The average molecular weight is 266 g/mol. The van der Waals surface area contributed by atoms with Crippen LogP contribution in [0.4, 0.5) is 0 Å². The Bertz CT molecular complexity index is 258. The molecule has 0 heterocycles. The molecule has 112 valence electrons. The summed E-state index contributed by atoms with van der Waals surface area (Å²) in [6, 6.07) is 2.35. The van der Waals surface area contributed by atoms with Crippen molar-refractivity contribution in [2.24, 2.45) is 11.8 Å². The molecule has 0 spiro atoms. The zero-order valence-corrected chi connectivity index (χ0v) is 13.5. The average Bonchev–Trinajstić information content (AvgIpc) is 2.92. The first-order valence-electron chi connectivity index (χ1n) is 8.58. The number of nitrogens with one attached hydrogen (secondary N) is 1. The van der Waals surface area contributed by atoms with Crippen LogP contribution in [0.5, 0.6) is 0 Å². The number of hydrogen-bond acceptors (Lipinski definition) is 2. The monoisotopic (exact) mass is 266 g/mol. The van der Waals surface area contributed by atoms with E-state index in [0.717, 1.165) is 36.5 Å². The van der Waals surface area contributed by atoms with Crippen LogP contribution >= 0.6 is 0 Å². The summed E-state index contributed by atoms with van der Waals surface area (Å²) in [6.45, 7) is 8.18. The predicted molar refractivity (Wildman–Crippen MR) is 83.5 cm³/mol. The van der Waals surface area contributed by atoms with Gasteiger partial charge in [-0.05, 0) is 57.5 Å². The standard InChI is InChI=1S/C17H34N2/c1-5-18-16-11-10-14(13(2)3)12-17(16)19(4)15-8-6-7-9-15/h13-18H,5-12H2,1-4H3. The van der Waals surface area contributed by atoms with E-state index in [9.17, 15) is 0 Å². The molecule has 0 amide bonds. The smallest absolute Gasteiger partial charge is 0.0251 e. The lowest BCUT2D eigenvalue weighted by atomic mass is 9.76. The van der Waals surface area contributed by atoms with Gasteiger partial charge >= 0.3 is 0 Å². The molecule has 3 unspecified atom stereocenters. The molecular formula is C17H34N2. The number of nitrogens with zero attached hydrogens (tertiary/aromatic N) is 1. The van der Waals surface area contributed by atoms with Gasteiger partial charge in [-0.15, -0.1) is 0 Å². The van der Waals surface area contributed by atoms with Crippen LogP contribution in [0.2, 0.25) is 0 Å². The van der Waals surface area contributed by atoms with Crippen molar-refractivity contribution >= 4 is 0 Å². The van der Waals surface area contributed by atoms with E-state index in [1.807, 2.05) is 0 Å². The largest absolute Gasteiger partial charge is 0.313 e. The Morgan fingerprint density at radius 3 is 2.37 bits per heavy atom. The first-order chi connectivity index (χ1) is 9.13. The van der Waals surface area contributed by atoms with Gasteiger partial charge in [0.25, 0.3) is 0 Å². The van der Waals surface area contributed by atoms with Crippen molar-refractivity contribution in [2.75, 3.05) is 13.6 Å². The zero-order chi connectivity index (χ0) is 13.8. The highest BCUT2D eigenvalue weighted by atomic mass is 15.2. The second kappa shape index (κ2) is 7.08. The summed E-state index contributed by atoms with van der Waals surface area (Å²) >= 11 is 0. The van der Waals surface area contributed by atoms with Crippen molar-refractivity contribution < 1.29 is 0 Å². The van der Waals surface area contributed by atoms with E-state index in [1.165, 1.54) is 44.9 Å². The van der Waals surface area contributed by atoms with Crippen molar-refractivity contribution in [3.63, 3.8) is 0 Å². The van der Waals surface area contributed by atoms with Crippen LogP contribution in [-0.4, -0.2) is 36.6 Å². The first-order valence-corrected chi connectivity index (χ1v) is 8.58. The molecular weight excluding hydrogens is 232 g/mol. The molecule has 2 fully saturated rings. The molecule has 2 nitrogen and oxygen atoms in total. The summed E-state index contributed by atoms with van der Waals surface area (Å²) in [5.74, 6) is 1.78. The molecule has 2 saturated carbocycles. The molecule has 0 aromatic carbocycles. The lowest BCUT2D eigenvalue weighted by molar-refractivity contribution is 0.0736. The van der Waals surface area contributed by atoms with E-state index in [2.05, 4.69) is 38.0 Å². The molecule has 2 heteroatoms. The van der Waals surface area contributed by atoms with Gasteiger partial charge in [-0.3, -0.25) is 4.90 Å². The lowest BCUT2D eigenvalue weighted by Gasteiger charge is -2.45. The number of likely N-dealkylation sites (N-methyl/N-ethyl adjacent to an activating group) is 2. The Hall–Kier alpha value is -0.0800. The third-order valence-electron chi connectivity index (χ3n) is 5.69. The van der Waals surface area contributed by atoms with Gasteiger partial charge in [0.05, 0.1) is 0 Å². The number of hydrogen-bond donors (Lipinski definition) is 1. The minimum atomic E-state index is 0.727. The highest BCUT2D eigenvalue weighted by Gasteiger charge is 2.36. The van der Waals surface area contributed by atoms with E-state index in [1.54, 1.807) is 0 Å². The van der Waals surface area contributed by atoms with Gasteiger partial charge in [-0.2, -0.15) is 0 Å². The zero-order valence-electron chi connectivity index (χ0n) is 13.5. The maximum Gasteiger partial charge on any atom is 0.0251 e. The maximum absolute atomic E-state index is 3.76. The molecule has 0 aliphatic heterocycles. The molecule has 1 N–H and O–H groups in total. The highest BCUT2D eigenvalue weighted by molar-refractivity contribution is 4.93. The second-order valence-corrected chi connectivity index (χ2v) is 7.15. The fourth-order valence-electron chi connectivity index (χ4n) is 4.32. The number of rotatable bonds is 5. The van der Waals surface area contributed by atoms with E-state index in [4.69, 9.17) is 0 Å². The topological polar surface area (TPSA) is 15.3 Å².